The summed E-state index contributed by atoms with van der Waals surface area (Å²) in [7, 11) is 1.75. The second-order valence-corrected chi connectivity index (χ2v) is 7.10. The molecule has 112 valence electrons. The number of methoxy groups -OCH3 is 1. The summed E-state index contributed by atoms with van der Waals surface area (Å²) in [6, 6.07) is 8.30. The van der Waals surface area contributed by atoms with Gasteiger partial charge in [0.2, 0.25) is 5.91 Å². The van der Waals surface area contributed by atoms with E-state index in [9.17, 15) is 4.79 Å². The van der Waals surface area contributed by atoms with E-state index in [-0.39, 0.29) is 29.4 Å². The fourth-order valence-corrected chi connectivity index (χ4v) is 3.64. The lowest BCUT2D eigenvalue weighted by Gasteiger charge is -2.39. The highest BCUT2D eigenvalue weighted by molar-refractivity contribution is 5.98. The molecule has 3 atom stereocenters. The summed E-state index contributed by atoms with van der Waals surface area (Å²) in [6.07, 6.45) is -0.0523. The first-order valence-electron chi connectivity index (χ1n) is 7.52. The van der Waals surface area contributed by atoms with Gasteiger partial charge in [-0.25, -0.2) is 0 Å². The Balaban J connectivity index is 2.24. The third-order valence-corrected chi connectivity index (χ3v) is 4.65. The Morgan fingerprint density at radius 1 is 1.19 bits per heavy atom. The van der Waals surface area contributed by atoms with Crippen LogP contribution in [0.5, 0.6) is 0 Å². The molecule has 0 radical (unpaired) electrons. The molecule has 2 aliphatic rings. The van der Waals surface area contributed by atoms with Crippen molar-refractivity contribution >= 4 is 11.5 Å². The van der Waals surface area contributed by atoms with Crippen molar-refractivity contribution < 1.29 is 9.53 Å². The summed E-state index contributed by atoms with van der Waals surface area (Å²) in [4.78, 5) is 12.4. The average Bonchev–Trinajstić information content (AvgIpc) is 2.76. The largest absolute Gasteiger partial charge is 0.372 e. The molecule has 0 spiro atoms. The number of ether oxygens (including phenoxy) is 1. The third-order valence-electron chi connectivity index (χ3n) is 4.65. The highest BCUT2D eigenvalue weighted by Gasteiger charge is 2.46. The van der Waals surface area contributed by atoms with Gasteiger partial charge in [0.05, 0.1) is 12.0 Å². The van der Waals surface area contributed by atoms with Gasteiger partial charge in [0, 0.05) is 7.11 Å². The monoisotopic (exact) mass is 285 g/mol. The van der Waals surface area contributed by atoms with Crippen LogP contribution in [0.4, 0.5) is 0 Å². The normalized spacial score (nSPS) is 28.2. The molecule has 1 N–H and O–H groups in total. The zero-order valence-electron chi connectivity index (χ0n) is 13.4. The van der Waals surface area contributed by atoms with Crippen LogP contribution in [0.2, 0.25) is 0 Å². The molecule has 3 heteroatoms. The SMILES string of the molecule is CO[C@H]1C2=C(c3ccccc31)[C@@H](C)C(=O)N[C@H]2C(C)(C)C. The minimum absolute atomic E-state index is 0.00792. The van der Waals surface area contributed by atoms with E-state index in [0.29, 0.717) is 0 Å². The van der Waals surface area contributed by atoms with Crippen LogP contribution in [0, 0.1) is 11.3 Å². The van der Waals surface area contributed by atoms with Crippen molar-refractivity contribution in [2.45, 2.75) is 39.8 Å². The highest BCUT2D eigenvalue weighted by Crippen LogP contribution is 2.51. The average molecular weight is 285 g/mol. The van der Waals surface area contributed by atoms with Crippen molar-refractivity contribution in [1.82, 2.24) is 5.32 Å². The third kappa shape index (κ3) is 2.03. The summed E-state index contributed by atoms with van der Waals surface area (Å²) < 4.78 is 5.81. The number of benzene rings is 1. The molecule has 1 amide bonds. The molecule has 0 saturated heterocycles. The van der Waals surface area contributed by atoms with Gasteiger partial charge in [-0.3, -0.25) is 4.79 Å². The van der Waals surface area contributed by atoms with Crippen LogP contribution in [0.1, 0.15) is 44.9 Å². The summed E-state index contributed by atoms with van der Waals surface area (Å²) in [5.74, 6) is -0.0138. The molecule has 0 fully saturated rings. The van der Waals surface area contributed by atoms with Gasteiger partial charge in [0.25, 0.3) is 0 Å². The number of carbonyl (C=O) groups is 1. The maximum absolute atomic E-state index is 12.4. The fraction of sp³-hybridized carbons (Fsp3) is 0.500. The zero-order chi connectivity index (χ0) is 15.4. The second-order valence-electron chi connectivity index (χ2n) is 7.10. The van der Waals surface area contributed by atoms with Crippen molar-refractivity contribution in [2.75, 3.05) is 7.11 Å². The van der Waals surface area contributed by atoms with Gasteiger partial charge in [0.15, 0.2) is 0 Å². The number of nitrogens with one attached hydrogen (secondary N) is 1. The quantitative estimate of drug-likeness (QED) is 0.859. The predicted octanol–water partition coefficient (Wildman–Crippen LogP) is 3.32. The van der Waals surface area contributed by atoms with E-state index in [1.807, 2.05) is 19.1 Å². The molecular formula is C18H23NO2. The Kier molecular flexibility index (Phi) is 3.21. The Morgan fingerprint density at radius 2 is 1.86 bits per heavy atom. The zero-order valence-corrected chi connectivity index (χ0v) is 13.4. The van der Waals surface area contributed by atoms with Crippen LogP contribution in [0.25, 0.3) is 5.57 Å². The topological polar surface area (TPSA) is 38.3 Å². The molecule has 3 nitrogen and oxygen atoms in total. The first-order chi connectivity index (χ1) is 9.86. The molecule has 1 aromatic rings. The molecule has 0 bridgehead atoms. The molecule has 1 aliphatic carbocycles. The number of hydrogen-bond acceptors (Lipinski definition) is 2. The Labute approximate surface area is 126 Å². The van der Waals surface area contributed by atoms with Crippen molar-refractivity contribution in [3.8, 4) is 0 Å². The molecule has 0 saturated carbocycles. The van der Waals surface area contributed by atoms with Crippen LogP contribution in [0.3, 0.4) is 0 Å². The maximum Gasteiger partial charge on any atom is 0.227 e. The second kappa shape index (κ2) is 4.70. The van der Waals surface area contributed by atoms with Crippen molar-refractivity contribution in [3.63, 3.8) is 0 Å². The van der Waals surface area contributed by atoms with Gasteiger partial charge >= 0.3 is 0 Å². The number of rotatable bonds is 1. The van der Waals surface area contributed by atoms with Crippen molar-refractivity contribution in [3.05, 3.63) is 41.0 Å². The van der Waals surface area contributed by atoms with E-state index in [2.05, 4.69) is 38.2 Å². The number of carbonyl (C=O) groups excluding carboxylic acids is 1. The van der Waals surface area contributed by atoms with Gasteiger partial charge in [-0.15, -0.1) is 0 Å². The van der Waals surface area contributed by atoms with E-state index in [4.69, 9.17) is 4.74 Å². The van der Waals surface area contributed by atoms with Crippen LogP contribution in [-0.4, -0.2) is 19.1 Å². The van der Waals surface area contributed by atoms with E-state index in [1.165, 1.54) is 22.3 Å². The van der Waals surface area contributed by atoms with Crippen LogP contribution in [0.15, 0.2) is 29.8 Å². The van der Waals surface area contributed by atoms with Crippen molar-refractivity contribution in [2.24, 2.45) is 11.3 Å². The molecule has 0 aromatic heterocycles. The van der Waals surface area contributed by atoms with Crippen LogP contribution < -0.4 is 5.32 Å². The summed E-state index contributed by atoms with van der Waals surface area (Å²) in [5, 5.41) is 3.20. The van der Waals surface area contributed by atoms with Crippen LogP contribution in [-0.2, 0) is 9.53 Å². The number of hydrogen-bond donors (Lipinski definition) is 1. The summed E-state index contributed by atoms with van der Waals surface area (Å²) in [6.45, 7) is 8.47. The maximum atomic E-state index is 12.4. The first-order valence-corrected chi connectivity index (χ1v) is 7.52. The standard InChI is InChI=1S/C18H23NO2/c1-10-13-11-8-6-7-9-12(11)15(21-5)14(13)16(18(2,3)4)19-17(10)20/h6-10,15-16H,1-5H3,(H,19,20)/t10-,15-,16-/m1/s1. The lowest BCUT2D eigenvalue weighted by molar-refractivity contribution is -0.124. The minimum atomic E-state index is -0.125. The van der Waals surface area contributed by atoms with E-state index < -0.39 is 0 Å². The smallest absolute Gasteiger partial charge is 0.227 e. The summed E-state index contributed by atoms with van der Waals surface area (Å²) in [5.41, 5.74) is 4.72. The van der Waals surface area contributed by atoms with Gasteiger partial charge in [-0.1, -0.05) is 45.0 Å². The molecule has 0 unspecified atom stereocenters. The fourth-order valence-electron chi connectivity index (χ4n) is 3.64. The van der Waals surface area contributed by atoms with Crippen LogP contribution >= 0.6 is 0 Å². The Morgan fingerprint density at radius 3 is 2.48 bits per heavy atom. The first kappa shape index (κ1) is 14.3. The van der Waals surface area contributed by atoms with Gasteiger partial charge in [-0.2, -0.15) is 0 Å². The van der Waals surface area contributed by atoms with Crippen molar-refractivity contribution in [1.29, 1.82) is 0 Å². The predicted molar refractivity (Wildman–Crippen MR) is 83.7 cm³/mol. The van der Waals surface area contributed by atoms with E-state index >= 15 is 0 Å². The lowest BCUT2D eigenvalue weighted by atomic mass is 9.75. The molecule has 21 heavy (non-hydrogen) atoms. The number of amides is 1. The van der Waals surface area contributed by atoms with E-state index in [1.54, 1.807) is 7.11 Å². The van der Waals surface area contributed by atoms with Gasteiger partial charge in [-0.05, 0) is 34.6 Å². The Bertz CT molecular complexity index is 624. The van der Waals surface area contributed by atoms with E-state index in [0.717, 1.165) is 0 Å². The molecule has 1 aliphatic heterocycles. The molecule has 3 rings (SSSR count). The molecule has 1 aromatic carbocycles. The lowest BCUT2D eigenvalue weighted by Crippen LogP contribution is -2.51. The highest BCUT2D eigenvalue weighted by atomic mass is 16.5. The Hall–Kier alpha value is -1.61. The van der Waals surface area contributed by atoms with Gasteiger partial charge in [0.1, 0.15) is 6.10 Å². The summed E-state index contributed by atoms with van der Waals surface area (Å²) >= 11 is 0. The molecular weight excluding hydrogens is 262 g/mol. The number of fused-ring (bicyclic) bond motifs is 2. The minimum Gasteiger partial charge on any atom is -0.372 e. The molecule has 1 heterocycles. The van der Waals surface area contributed by atoms with Gasteiger partial charge < -0.3 is 10.1 Å².